The summed E-state index contributed by atoms with van der Waals surface area (Å²) in [6.45, 7) is 5.40. The summed E-state index contributed by atoms with van der Waals surface area (Å²) >= 11 is 9.71. The number of hydrogen-bond donors (Lipinski definition) is 3. The number of carbonyl (C=O) groups is 2. The molecule has 3 aromatic carbocycles. The van der Waals surface area contributed by atoms with E-state index >= 15 is 0 Å². The summed E-state index contributed by atoms with van der Waals surface area (Å²) < 4.78 is 1.05. The van der Waals surface area contributed by atoms with Crippen LogP contribution in [0.2, 0.25) is 5.02 Å². The van der Waals surface area contributed by atoms with Gasteiger partial charge in [-0.2, -0.15) is 0 Å². The molecule has 0 aromatic heterocycles. The van der Waals surface area contributed by atoms with E-state index in [2.05, 4.69) is 74.0 Å². The van der Waals surface area contributed by atoms with Gasteiger partial charge >= 0.3 is 0 Å². The molecule has 2 aliphatic rings. The second-order valence-electron chi connectivity index (χ2n) is 10.8. The third kappa shape index (κ3) is 7.12. The fourth-order valence-electron chi connectivity index (χ4n) is 5.67. The van der Waals surface area contributed by atoms with Crippen molar-refractivity contribution in [2.45, 2.75) is 44.4 Å². The van der Waals surface area contributed by atoms with Crippen LogP contribution in [-0.2, 0) is 29.0 Å². The molecule has 2 heterocycles. The lowest BCUT2D eigenvalue weighted by atomic mass is 9.95. The summed E-state index contributed by atoms with van der Waals surface area (Å²) in [5.41, 5.74) is 5.73. The van der Waals surface area contributed by atoms with Crippen LogP contribution >= 0.6 is 27.5 Å². The summed E-state index contributed by atoms with van der Waals surface area (Å²) in [7, 11) is 1.96. The van der Waals surface area contributed by atoms with Crippen molar-refractivity contribution in [3.8, 4) is 0 Å². The van der Waals surface area contributed by atoms with Crippen LogP contribution in [0.4, 0.5) is 5.69 Å². The number of piperazine rings is 1. The van der Waals surface area contributed by atoms with Gasteiger partial charge in [-0.3, -0.25) is 9.59 Å². The summed E-state index contributed by atoms with van der Waals surface area (Å²) in [5, 5.41) is 10.4. The molecule has 216 valence electrons. The van der Waals surface area contributed by atoms with Gasteiger partial charge in [-0.15, -0.1) is 0 Å². The molecular weight excluding hydrogens is 602 g/mol. The molecule has 1 saturated heterocycles. The van der Waals surface area contributed by atoms with Gasteiger partial charge in [0.2, 0.25) is 11.8 Å². The number of amides is 2. The largest absolute Gasteiger partial charge is 0.368 e. The fourth-order valence-corrected chi connectivity index (χ4v) is 6.18. The highest BCUT2D eigenvalue weighted by atomic mass is 79.9. The molecule has 2 aliphatic heterocycles. The fraction of sp³-hybridized carbons (Fsp3) is 0.375. The Balaban J connectivity index is 1.29. The molecule has 9 heteroatoms. The minimum absolute atomic E-state index is 0.0521. The Labute approximate surface area is 255 Å². The van der Waals surface area contributed by atoms with Crippen LogP contribution in [0.3, 0.4) is 0 Å². The van der Waals surface area contributed by atoms with Crippen molar-refractivity contribution in [2.24, 2.45) is 0 Å². The van der Waals surface area contributed by atoms with Gasteiger partial charge in [0.1, 0.15) is 6.04 Å². The Morgan fingerprint density at radius 2 is 1.73 bits per heavy atom. The molecule has 0 aliphatic carbocycles. The molecule has 0 saturated carbocycles. The third-order valence-corrected chi connectivity index (χ3v) is 8.93. The van der Waals surface area contributed by atoms with E-state index in [9.17, 15) is 9.59 Å². The van der Waals surface area contributed by atoms with Crippen molar-refractivity contribution < 1.29 is 9.59 Å². The molecule has 5 rings (SSSR count). The normalized spacial score (nSPS) is 18.4. The zero-order valence-corrected chi connectivity index (χ0v) is 25.8. The second kappa shape index (κ2) is 13.4. The lowest BCUT2D eigenvalue weighted by Crippen LogP contribution is -2.58. The summed E-state index contributed by atoms with van der Waals surface area (Å²) in [5.74, 6) is -0.199. The monoisotopic (exact) mass is 637 g/mol. The first-order valence-corrected chi connectivity index (χ1v) is 15.3. The lowest BCUT2D eigenvalue weighted by molar-refractivity contribution is -0.137. The smallest absolute Gasteiger partial charge is 0.245 e. The summed E-state index contributed by atoms with van der Waals surface area (Å²) in [6.07, 6.45) is 1.00. The van der Waals surface area contributed by atoms with Gasteiger partial charge in [-0.05, 0) is 73.0 Å². The summed E-state index contributed by atoms with van der Waals surface area (Å²) in [4.78, 5) is 31.6. The van der Waals surface area contributed by atoms with Crippen LogP contribution in [0.5, 0.6) is 0 Å². The average Bonchev–Trinajstić information content (AvgIpc) is 3.00. The molecule has 3 aromatic rings. The topological polar surface area (TPSA) is 76.7 Å². The van der Waals surface area contributed by atoms with Crippen LogP contribution in [0.25, 0.3) is 0 Å². The number of rotatable bonds is 8. The van der Waals surface area contributed by atoms with E-state index in [1.807, 2.05) is 48.3 Å². The number of carbonyl (C=O) groups excluding carboxylic acids is 2. The van der Waals surface area contributed by atoms with Crippen LogP contribution in [0.1, 0.15) is 35.2 Å². The lowest BCUT2D eigenvalue weighted by Gasteiger charge is -2.39. The Bertz CT molecular complexity index is 1380. The zero-order chi connectivity index (χ0) is 28.9. The molecule has 3 atom stereocenters. The van der Waals surface area contributed by atoms with E-state index in [1.54, 1.807) is 0 Å². The quantitative estimate of drug-likeness (QED) is 0.340. The number of anilines is 1. The number of benzene rings is 3. The number of nitrogens with one attached hydrogen (secondary N) is 3. The van der Waals surface area contributed by atoms with E-state index in [1.165, 1.54) is 22.4 Å². The Morgan fingerprint density at radius 3 is 2.44 bits per heavy atom. The van der Waals surface area contributed by atoms with E-state index in [0.717, 1.165) is 23.1 Å². The maximum Gasteiger partial charge on any atom is 0.245 e. The molecule has 3 unspecified atom stereocenters. The van der Waals surface area contributed by atoms with Gasteiger partial charge in [-0.1, -0.05) is 63.9 Å². The molecule has 0 spiro atoms. The minimum atomic E-state index is -0.665. The first kappa shape index (κ1) is 29.6. The highest BCUT2D eigenvalue weighted by molar-refractivity contribution is 9.10. The predicted octanol–water partition coefficient (Wildman–Crippen LogP) is 4.47. The maximum atomic E-state index is 13.9. The number of nitrogens with zero attached hydrogens (tertiary/aromatic N) is 2. The van der Waals surface area contributed by atoms with E-state index in [-0.39, 0.29) is 23.9 Å². The molecule has 2 amide bonds. The SMILES string of the molecule is CNC(C)c1cc(Br)ccc1N1CCN(C(=O)C(Cc2ccc(Cl)cc2)NC(=O)C2Cc3ccccc3CN2)CC1. The second-order valence-corrected chi connectivity index (χ2v) is 12.2. The van der Waals surface area contributed by atoms with Gasteiger partial charge in [-0.25, -0.2) is 0 Å². The molecule has 0 radical (unpaired) electrons. The van der Waals surface area contributed by atoms with Crippen molar-refractivity contribution in [3.05, 3.63) is 98.5 Å². The molecule has 1 fully saturated rings. The first-order chi connectivity index (χ1) is 19.8. The zero-order valence-electron chi connectivity index (χ0n) is 23.5. The van der Waals surface area contributed by atoms with Crippen LogP contribution < -0.4 is 20.9 Å². The molecular formula is C32H37BrClN5O2. The standard InChI is InChI=1S/C32H37BrClN5O2/c1-21(35-2)27-19-25(33)9-12-30(27)38-13-15-39(16-14-38)32(41)29(17-22-7-10-26(34)11-8-22)37-31(40)28-18-23-5-3-4-6-24(23)20-36-28/h3-12,19,21,28-29,35-36H,13-18,20H2,1-2H3,(H,37,40). The number of hydrogen-bond acceptors (Lipinski definition) is 5. The number of halogens is 2. The van der Waals surface area contributed by atoms with Gasteiger partial charge in [0.05, 0.1) is 6.04 Å². The van der Waals surface area contributed by atoms with Gasteiger partial charge in [0.25, 0.3) is 0 Å². The minimum Gasteiger partial charge on any atom is -0.368 e. The van der Waals surface area contributed by atoms with Crippen LogP contribution in [-0.4, -0.2) is 62.0 Å². The van der Waals surface area contributed by atoms with E-state index in [0.29, 0.717) is 37.5 Å². The predicted molar refractivity (Wildman–Crippen MR) is 168 cm³/mol. The van der Waals surface area contributed by atoms with Crippen molar-refractivity contribution >= 4 is 45.0 Å². The summed E-state index contributed by atoms with van der Waals surface area (Å²) in [6, 6.07) is 21.2. The Morgan fingerprint density at radius 1 is 1.02 bits per heavy atom. The Kier molecular flexibility index (Phi) is 9.65. The van der Waals surface area contributed by atoms with Gasteiger partial charge in [0.15, 0.2) is 0 Å². The average molecular weight is 639 g/mol. The Hall–Kier alpha value is -2.91. The third-order valence-electron chi connectivity index (χ3n) is 8.19. The van der Waals surface area contributed by atoms with Crippen molar-refractivity contribution in [1.82, 2.24) is 20.9 Å². The van der Waals surface area contributed by atoms with Crippen molar-refractivity contribution in [2.75, 3.05) is 38.1 Å². The number of fused-ring (bicyclic) bond motifs is 1. The molecule has 7 nitrogen and oxygen atoms in total. The van der Waals surface area contributed by atoms with Crippen molar-refractivity contribution in [1.29, 1.82) is 0 Å². The van der Waals surface area contributed by atoms with Crippen molar-refractivity contribution in [3.63, 3.8) is 0 Å². The highest BCUT2D eigenvalue weighted by Crippen LogP contribution is 2.30. The molecule has 3 N–H and O–H groups in total. The van der Waals surface area contributed by atoms with Gasteiger partial charge in [0, 0.05) is 60.4 Å². The van der Waals surface area contributed by atoms with E-state index < -0.39 is 6.04 Å². The molecule has 0 bridgehead atoms. The maximum absolute atomic E-state index is 13.9. The van der Waals surface area contributed by atoms with Gasteiger partial charge < -0.3 is 25.8 Å². The highest BCUT2D eigenvalue weighted by Gasteiger charge is 2.32. The van der Waals surface area contributed by atoms with Crippen LogP contribution in [0, 0.1) is 0 Å². The molecule has 41 heavy (non-hydrogen) atoms. The van der Waals surface area contributed by atoms with Crippen LogP contribution in [0.15, 0.2) is 71.2 Å². The first-order valence-electron chi connectivity index (χ1n) is 14.2. The van der Waals surface area contributed by atoms with E-state index in [4.69, 9.17) is 11.6 Å².